The van der Waals surface area contributed by atoms with Crippen molar-refractivity contribution in [3.8, 4) is 11.5 Å². The second kappa shape index (κ2) is 3.53. The number of carbonyl (C=O) groups is 1. The van der Waals surface area contributed by atoms with Crippen LogP contribution in [0.5, 0.6) is 0 Å². The van der Waals surface area contributed by atoms with Crippen LogP contribution in [0.4, 0.5) is 0 Å². The number of rotatable bonds is 2. The quantitative estimate of drug-likeness (QED) is 0.635. The van der Waals surface area contributed by atoms with Crippen LogP contribution in [0.25, 0.3) is 21.5 Å². The number of hydrogen-bond donors (Lipinski definition) is 0. The molecule has 2 aromatic heterocycles. The molecule has 0 fully saturated rings. The number of fused-ring (bicyclic) bond motifs is 1. The van der Waals surface area contributed by atoms with Gasteiger partial charge in [-0.15, -0.1) is 0 Å². The second-order valence-electron chi connectivity index (χ2n) is 3.23. The fourth-order valence-corrected chi connectivity index (χ4v) is 2.33. The van der Waals surface area contributed by atoms with Crippen molar-refractivity contribution >= 4 is 27.9 Å². The summed E-state index contributed by atoms with van der Waals surface area (Å²) in [4.78, 5) is 14.8. The van der Waals surface area contributed by atoms with Gasteiger partial charge in [0, 0.05) is 10.9 Å². The molecule has 3 rings (SSSR count). The molecule has 0 aliphatic heterocycles. The van der Waals surface area contributed by atoms with Gasteiger partial charge in [0.05, 0.1) is 10.9 Å². The first-order valence-electron chi connectivity index (χ1n) is 4.63. The number of aldehydes is 1. The van der Waals surface area contributed by atoms with Crippen molar-refractivity contribution in [2.24, 2.45) is 0 Å². The van der Waals surface area contributed by atoms with E-state index in [1.165, 1.54) is 17.8 Å². The normalized spacial score (nSPS) is 10.8. The molecule has 5 heteroatoms. The van der Waals surface area contributed by atoms with Crippen molar-refractivity contribution in [2.75, 3.05) is 0 Å². The molecule has 1 aromatic carbocycles. The minimum Gasteiger partial charge on any atom is -0.445 e. The van der Waals surface area contributed by atoms with Crippen LogP contribution in [-0.4, -0.2) is 15.6 Å². The molecule has 0 unspecified atom stereocenters. The average molecular weight is 230 g/mol. The lowest BCUT2D eigenvalue weighted by atomic mass is 10.1. The van der Waals surface area contributed by atoms with Crippen molar-refractivity contribution in [2.45, 2.75) is 0 Å². The highest BCUT2D eigenvalue weighted by Crippen LogP contribution is 2.27. The van der Waals surface area contributed by atoms with Crippen LogP contribution in [0.3, 0.4) is 0 Å². The Balaban J connectivity index is 2.21. The summed E-state index contributed by atoms with van der Waals surface area (Å²) in [7, 11) is 0. The van der Waals surface area contributed by atoms with Gasteiger partial charge in [-0.1, -0.05) is 6.07 Å². The van der Waals surface area contributed by atoms with Gasteiger partial charge in [-0.05, 0) is 23.7 Å². The Morgan fingerprint density at radius 1 is 1.38 bits per heavy atom. The van der Waals surface area contributed by atoms with Gasteiger partial charge in [-0.3, -0.25) is 4.79 Å². The van der Waals surface area contributed by atoms with E-state index in [1.807, 2.05) is 18.2 Å². The molecule has 78 valence electrons. The largest absolute Gasteiger partial charge is 0.445 e. The first kappa shape index (κ1) is 9.23. The third-order valence-electron chi connectivity index (χ3n) is 2.29. The molecular formula is C11H6N2O2S. The van der Waals surface area contributed by atoms with E-state index >= 15 is 0 Å². The van der Waals surface area contributed by atoms with Gasteiger partial charge in [0.1, 0.15) is 12.0 Å². The van der Waals surface area contributed by atoms with Crippen LogP contribution in [0.1, 0.15) is 10.5 Å². The van der Waals surface area contributed by atoms with Gasteiger partial charge < -0.3 is 4.42 Å². The predicted molar refractivity (Wildman–Crippen MR) is 60.5 cm³/mol. The van der Waals surface area contributed by atoms with E-state index in [2.05, 4.69) is 9.36 Å². The lowest BCUT2D eigenvalue weighted by molar-refractivity contribution is 0.112. The van der Waals surface area contributed by atoms with Crippen LogP contribution in [0, 0.1) is 0 Å². The summed E-state index contributed by atoms with van der Waals surface area (Å²) in [5.41, 5.74) is 1.37. The number of carbonyl (C=O) groups excluding carboxylic acids is 1. The molecule has 0 atom stereocenters. The van der Waals surface area contributed by atoms with Gasteiger partial charge >= 0.3 is 0 Å². The Labute approximate surface area is 94.7 Å². The monoisotopic (exact) mass is 230 g/mol. The molecule has 0 N–H and O–H groups in total. The second-order valence-corrected chi connectivity index (χ2v) is 4.04. The molecule has 16 heavy (non-hydrogen) atoms. The fourth-order valence-electron chi connectivity index (χ4n) is 1.54. The van der Waals surface area contributed by atoms with E-state index in [9.17, 15) is 4.79 Å². The number of hydrogen-bond acceptors (Lipinski definition) is 5. The molecule has 0 bridgehead atoms. The van der Waals surface area contributed by atoms with E-state index in [-0.39, 0.29) is 0 Å². The standard InChI is InChI=1S/C11H6N2O2S/c14-6-9-8-2-1-7(5-10(8)16-13-9)11-12-3-4-15-11/h1-6H. The zero-order valence-corrected chi connectivity index (χ0v) is 8.90. The van der Waals surface area contributed by atoms with Crippen molar-refractivity contribution in [1.29, 1.82) is 0 Å². The summed E-state index contributed by atoms with van der Waals surface area (Å²) in [6.45, 7) is 0. The topological polar surface area (TPSA) is 56.0 Å². The zero-order valence-electron chi connectivity index (χ0n) is 8.08. The van der Waals surface area contributed by atoms with Crippen LogP contribution in [-0.2, 0) is 0 Å². The van der Waals surface area contributed by atoms with Crippen molar-refractivity contribution < 1.29 is 9.21 Å². The van der Waals surface area contributed by atoms with Gasteiger partial charge in [0.15, 0.2) is 6.29 Å². The van der Waals surface area contributed by atoms with Crippen molar-refractivity contribution in [3.05, 3.63) is 36.4 Å². The minimum atomic E-state index is 0.485. The van der Waals surface area contributed by atoms with Crippen LogP contribution < -0.4 is 0 Å². The lowest BCUT2D eigenvalue weighted by Gasteiger charge is -1.95. The molecule has 3 aromatic rings. The Morgan fingerprint density at radius 2 is 2.31 bits per heavy atom. The number of oxazole rings is 1. The Hall–Kier alpha value is -2.01. The van der Waals surface area contributed by atoms with E-state index in [4.69, 9.17) is 4.42 Å². The molecular weight excluding hydrogens is 224 g/mol. The zero-order chi connectivity index (χ0) is 11.0. The first-order chi connectivity index (χ1) is 7.88. The number of nitrogens with zero attached hydrogens (tertiary/aromatic N) is 2. The number of aromatic nitrogens is 2. The van der Waals surface area contributed by atoms with Gasteiger partial charge in [-0.25, -0.2) is 4.98 Å². The van der Waals surface area contributed by atoms with Gasteiger partial charge in [0.2, 0.25) is 5.89 Å². The van der Waals surface area contributed by atoms with E-state index in [1.54, 1.807) is 6.20 Å². The van der Waals surface area contributed by atoms with E-state index in [0.717, 1.165) is 21.9 Å². The summed E-state index contributed by atoms with van der Waals surface area (Å²) in [5.74, 6) is 0.572. The average Bonchev–Trinajstić information content (AvgIpc) is 2.97. The Kier molecular flexibility index (Phi) is 2.04. The molecule has 0 saturated carbocycles. The Bertz CT molecular complexity index is 643. The lowest BCUT2D eigenvalue weighted by Crippen LogP contribution is -1.79. The van der Waals surface area contributed by atoms with E-state index in [0.29, 0.717) is 11.6 Å². The molecule has 0 radical (unpaired) electrons. The maximum absolute atomic E-state index is 10.7. The van der Waals surface area contributed by atoms with Crippen molar-refractivity contribution in [1.82, 2.24) is 9.36 Å². The highest BCUT2D eigenvalue weighted by Gasteiger charge is 2.08. The maximum atomic E-state index is 10.7. The predicted octanol–water partition coefficient (Wildman–Crippen LogP) is 2.76. The third-order valence-corrected chi connectivity index (χ3v) is 3.11. The minimum absolute atomic E-state index is 0.485. The SMILES string of the molecule is O=Cc1nsc2cc(-c3ncco3)ccc12. The summed E-state index contributed by atoms with van der Waals surface area (Å²) >= 11 is 1.30. The van der Waals surface area contributed by atoms with E-state index < -0.39 is 0 Å². The maximum Gasteiger partial charge on any atom is 0.225 e. The highest BCUT2D eigenvalue weighted by atomic mass is 32.1. The van der Waals surface area contributed by atoms with Crippen molar-refractivity contribution in [3.63, 3.8) is 0 Å². The summed E-state index contributed by atoms with van der Waals surface area (Å²) in [5, 5.41) is 0.871. The molecule has 2 heterocycles. The van der Waals surface area contributed by atoms with Gasteiger partial charge in [0.25, 0.3) is 0 Å². The first-order valence-corrected chi connectivity index (χ1v) is 5.40. The third kappa shape index (κ3) is 1.33. The Morgan fingerprint density at radius 3 is 3.06 bits per heavy atom. The smallest absolute Gasteiger partial charge is 0.225 e. The highest BCUT2D eigenvalue weighted by molar-refractivity contribution is 7.13. The molecule has 0 aliphatic carbocycles. The fraction of sp³-hybridized carbons (Fsp3) is 0. The van der Waals surface area contributed by atoms with Crippen LogP contribution >= 0.6 is 11.5 Å². The molecule has 0 aliphatic rings. The van der Waals surface area contributed by atoms with Gasteiger partial charge in [-0.2, -0.15) is 4.37 Å². The molecule has 0 saturated heterocycles. The summed E-state index contributed by atoms with van der Waals surface area (Å²) in [6.07, 6.45) is 3.90. The molecule has 4 nitrogen and oxygen atoms in total. The molecule has 0 amide bonds. The summed E-state index contributed by atoms with van der Waals surface area (Å²) < 4.78 is 10.2. The summed E-state index contributed by atoms with van der Waals surface area (Å²) in [6, 6.07) is 5.66. The molecule has 0 spiro atoms. The van der Waals surface area contributed by atoms with Crippen LogP contribution in [0.15, 0.2) is 35.1 Å². The van der Waals surface area contributed by atoms with Crippen LogP contribution in [0.2, 0.25) is 0 Å². The number of benzene rings is 1.